The quantitative estimate of drug-likeness (QED) is 0.686. The number of benzene rings is 1. The SMILES string of the molecule is CC1OB(/C=C/c2ccccc2)OC1C. The van der Waals surface area contributed by atoms with Crippen LogP contribution in [0, 0.1) is 0 Å². The third kappa shape index (κ3) is 2.70. The highest BCUT2D eigenvalue weighted by atomic mass is 16.6. The summed E-state index contributed by atoms with van der Waals surface area (Å²) in [6.07, 6.45) is 2.38. The minimum atomic E-state index is -0.199. The van der Waals surface area contributed by atoms with Crippen molar-refractivity contribution in [3.8, 4) is 0 Å². The Morgan fingerprint density at radius 1 is 1.07 bits per heavy atom. The van der Waals surface area contributed by atoms with Crippen LogP contribution in [0.2, 0.25) is 0 Å². The third-order valence-electron chi connectivity index (χ3n) is 2.60. The Morgan fingerprint density at radius 2 is 1.67 bits per heavy atom. The highest BCUT2D eigenvalue weighted by Crippen LogP contribution is 2.16. The molecule has 0 aromatic heterocycles. The molecule has 0 saturated carbocycles. The molecule has 2 atom stereocenters. The summed E-state index contributed by atoms with van der Waals surface area (Å²) < 4.78 is 11.2. The lowest BCUT2D eigenvalue weighted by molar-refractivity contribution is 0.187. The zero-order chi connectivity index (χ0) is 10.7. The zero-order valence-electron chi connectivity index (χ0n) is 9.09. The second-order valence-electron chi connectivity index (χ2n) is 3.82. The van der Waals surface area contributed by atoms with Gasteiger partial charge in [0.15, 0.2) is 0 Å². The van der Waals surface area contributed by atoms with Crippen LogP contribution in [-0.2, 0) is 9.31 Å². The van der Waals surface area contributed by atoms with Crippen LogP contribution in [0.4, 0.5) is 0 Å². The Hall–Kier alpha value is -1.06. The smallest absolute Gasteiger partial charge is 0.403 e. The summed E-state index contributed by atoms with van der Waals surface area (Å²) in [6, 6.07) is 10.1. The minimum Gasteiger partial charge on any atom is -0.403 e. The Balaban J connectivity index is 1.96. The molecular weight excluding hydrogens is 187 g/mol. The third-order valence-corrected chi connectivity index (χ3v) is 2.60. The Kier molecular flexibility index (Phi) is 3.24. The van der Waals surface area contributed by atoms with Gasteiger partial charge < -0.3 is 9.31 Å². The van der Waals surface area contributed by atoms with Crippen molar-refractivity contribution in [1.29, 1.82) is 0 Å². The lowest BCUT2D eigenvalue weighted by Gasteiger charge is -2.04. The molecule has 2 unspecified atom stereocenters. The van der Waals surface area contributed by atoms with Gasteiger partial charge in [-0.2, -0.15) is 0 Å². The first-order valence-corrected chi connectivity index (χ1v) is 5.30. The van der Waals surface area contributed by atoms with E-state index in [0.29, 0.717) is 0 Å². The van der Waals surface area contributed by atoms with Crippen molar-refractivity contribution in [1.82, 2.24) is 0 Å². The van der Waals surface area contributed by atoms with Crippen molar-refractivity contribution < 1.29 is 9.31 Å². The first kappa shape index (κ1) is 10.5. The monoisotopic (exact) mass is 202 g/mol. The van der Waals surface area contributed by atoms with E-state index in [0.717, 1.165) is 5.56 Å². The van der Waals surface area contributed by atoms with Crippen LogP contribution < -0.4 is 0 Å². The fourth-order valence-corrected chi connectivity index (χ4v) is 1.52. The Labute approximate surface area is 91.0 Å². The fraction of sp³-hybridized carbons (Fsp3) is 0.333. The molecule has 0 spiro atoms. The van der Waals surface area contributed by atoms with Gasteiger partial charge in [-0.1, -0.05) is 42.4 Å². The van der Waals surface area contributed by atoms with Gasteiger partial charge in [0.2, 0.25) is 0 Å². The average Bonchev–Trinajstić information content (AvgIpc) is 2.57. The maximum Gasteiger partial charge on any atom is 0.486 e. The van der Waals surface area contributed by atoms with Crippen molar-refractivity contribution in [3.05, 3.63) is 41.9 Å². The fourth-order valence-electron chi connectivity index (χ4n) is 1.52. The highest BCUT2D eigenvalue weighted by Gasteiger charge is 2.31. The average molecular weight is 202 g/mol. The molecule has 1 fully saturated rings. The molecule has 15 heavy (non-hydrogen) atoms. The molecule has 1 aliphatic heterocycles. The molecule has 2 nitrogen and oxygen atoms in total. The number of hydrogen-bond donors (Lipinski definition) is 0. The molecule has 1 aromatic carbocycles. The molecule has 78 valence electrons. The molecule has 1 saturated heterocycles. The van der Waals surface area contributed by atoms with Gasteiger partial charge in [-0.3, -0.25) is 0 Å². The normalized spacial score (nSPS) is 26.4. The standard InChI is InChI=1S/C12H15BO2/c1-10-11(2)15-13(14-10)9-8-12-6-4-3-5-7-12/h3-11H,1-2H3/b9-8+. The van der Waals surface area contributed by atoms with Crippen LogP contribution in [-0.4, -0.2) is 19.3 Å². The van der Waals surface area contributed by atoms with E-state index < -0.39 is 0 Å². The van der Waals surface area contributed by atoms with E-state index in [4.69, 9.17) is 9.31 Å². The van der Waals surface area contributed by atoms with Crippen molar-refractivity contribution in [2.45, 2.75) is 26.1 Å². The van der Waals surface area contributed by atoms with Crippen LogP contribution in [0.5, 0.6) is 0 Å². The summed E-state index contributed by atoms with van der Waals surface area (Å²) in [6.45, 7) is 4.06. The molecule has 1 aromatic rings. The lowest BCUT2D eigenvalue weighted by Crippen LogP contribution is -2.13. The Morgan fingerprint density at radius 3 is 2.27 bits per heavy atom. The molecule has 0 amide bonds. The highest BCUT2D eigenvalue weighted by molar-refractivity contribution is 6.52. The molecule has 0 radical (unpaired) electrons. The minimum absolute atomic E-state index is 0.176. The lowest BCUT2D eigenvalue weighted by atomic mass is 9.89. The van der Waals surface area contributed by atoms with Crippen molar-refractivity contribution in [3.63, 3.8) is 0 Å². The molecular formula is C12H15BO2. The summed E-state index contributed by atoms with van der Waals surface area (Å²) in [5.41, 5.74) is 1.16. The van der Waals surface area contributed by atoms with Crippen LogP contribution >= 0.6 is 0 Å². The molecule has 1 heterocycles. The summed E-state index contributed by atoms with van der Waals surface area (Å²) in [7, 11) is -0.199. The van der Waals surface area contributed by atoms with Gasteiger partial charge in [-0.15, -0.1) is 0 Å². The van der Waals surface area contributed by atoms with Crippen LogP contribution in [0.3, 0.4) is 0 Å². The van der Waals surface area contributed by atoms with Crippen LogP contribution in [0.15, 0.2) is 36.3 Å². The second-order valence-corrected chi connectivity index (χ2v) is 3.82. The molecule has 2 rings (SSSR count). The predicted molar refractivity (Wildman–Crippen MR) is 62.3 cm³/mol. The summed E-state index contributed by atoms with van der Waals surface area (Å²) in [5, 5.41) is 0. The topological polar surface area (TPSA) is 18.5 Å². The molecule has 1 aliphatic rings. The first-order chi connectivity index (χ1) is 7.25. The largest absolute Gasteiger partial charge is 0.486 e. The van der Waals surface area contributed by atoms with Gasteiger partial charge in [0.05, 0.1) is 12.2 Å². The maximum atomic E-state index is 5.59. The van der Waals surface area contributed by atoms with Gasteiger partial charge >= 0.3 is 7.12 Å². The van der Waals surface area contributed by atoms with E-state index in [1.807, 2.05) is 44.1 Å². The second kappa shape index (κ2) is 4.64. The summed E-state index contributed by atoms with van der Waals surface area (Å²) in [4.78, 5) is 0. The van der Waals surface area contributed by atoms with Gasteiger partial charge in [-0.05, 0) is 19.4 Å². The van der Waals surface area contributed by atoms with E-state index >= 15 is 0 Å². The summed E-state index contributed by atoms with van der Waals surface area (Å²) >= 11 is 0. The van der Waals surface area contributed by atoms with E-state index in [-0.39, 0.29) is 19.3 Å². The summed E-state index contributed by atoms with van der Waals surface area (Å²) in [5.74, 6) is 1.95. The van der Waals surface area contributed by atoms with Crippen molar-refractivity contribution >= 4 is 13.2 Å². The van der Waals surface area contributed by atoms with Crippen LogP contribution in [0.1, 0.15) is 19.4 Å². The van der Waals surface area contributed by atoms with E-state index in [9.17, 15) is 0 Å². The van der Waals surface area contributed by atoms with Crippen molar-refractivity contribution in [2.24, 2.45) is 0 Å². The maximum absolute atomic E-state index is 5.59. The number of rotatable bonds is 2. The van der Waals surface area contributed by atoms with Crippen LogP contribution in [0.25, 0.3) is 6.08 Å². The van der Waals surface area contributed by atoms with Crippen molar-refractivity contribution in [2.75, 3.05) is 0 Å². The molecule has 0 N–H and O–H groups in total. The van der Waals surface area contributed by atoms with Gasteiger partial charge in [-0.25, -0.2) is 0 Å². The first-order valence-electron chi connectivity index (χ1n) is 5.30. The van der Waals surface area contributed by atoms with Gasteiger partial charge in [0.25, 0.3) is 0 Å². The van der Waals surface area contributed by atoms with E-state index in [2.05, 4.69) is 12.1 Å². The van der Waals surface area contributed by atoms with E-state index in [1.54, 1.807) is 0 Å². The molecule has 0 aliphatic carbocycles. The Bertz CT molecular complexity index is 327. The zero-order valence-corrected chi connectivity index (χ0v) is 9.09. The molecule has 3 heteroatoms. The predicted octanol–water partition coefficient (Wildman–Crippen LogP) is 2.55. The van der Waals surface area contributed by atoms with Gasteiger partial charge in [0, 0.05) is 0 Å². The van der Waals surface area contributed by atoms with E-state index in [1.165, 1.54) is 0 Å². The van der Waals surface area contributed by atoms with Gasteiger partial charge in [0.1, 0.15) is 0 Å². The molecule has 0 bridgehead atoms. The number of hydrogen-bond acceptors (Lipinski definition) is 2.